The highest BCUT2D eigenvalue weighted by Crippen LogP contribution is 2.42. The number of hydrogen-bond acceptors (Lipinski definition) is 6. The van der Waals surface area contributed by atoms with Crippen molar-refractivity contribution in [2.75, 3.05) is 43.5 Å². The number of halogens is 1. The number of carbonyl (C=O) groups is 2. The Balaban J connectivity index is 1.42. The maximum atomic E-state index is 13.7. The predicted molar refractivity (Wildman–Crippen MR) is 165 cm³/mol. The molecule has 1 N–H and O–H groups in total. The van der Waals surface area contributed by atoms with Crippen LogP contribution in [0.1, 0.15) is 50.9 Å². The van der Waals surface area contributed by atoms with E-state index in [-0.39, 0.29) is 23.5 Å². The first-order chi connectivity index (χ1) is 19.8. The lowest BCUT2D eigenvalue weighted by Crippen LogP contribution is -2.40. The van der Waals surface area contributed by atoms with Crippen LogP contribution in [-0.4, -0.2) is 60.5 Å². The van der Waals surface area contributed by atoms with Crippen LogP contribution in [0.5, 0.6) is 0 Å². The molecule has 2 amide bonds. The minimum atomic E-state index is -0.354. The van der Waals surface area contributed by atoms with Crippen molar-refractivity contribution in [2.45, 2.75) is 30.1 Å². The molecule has 1 unspecified atom stereocenters. The summed E-state index contributed by atoms with van der Waals surface area (Å²) in [4.78, 5) is 30.1. The van der Waals surface area contributed by atoms with Gasteiger partial charge in [0.15, 0.2) is 0 Å². The summed E-state index contributed by atoms with van der Waals surface area (Å²) < 4.78 is 24.1. The molecule has 10 heteroatoms. The van der Waals surface area contributed by atoms with Gasteiger partial charge in [0, 0.05) is 79.8 Å². The Kier molecular flexibility index (Phi) is 7.54. The smallest absolute Gasteiger partial charge is 0.270 e. The number of fused-ring (bicyclic) bond motifs is 2. The van der Waals surface area contributed by atoms with Gasteiger partial charge in [-0.1, -0.05) is 11.9 Å². The average molecular weight is 593 g/mol. The van der Waals surface area contributed by atoms with E-state index in [1.54, 1.807) is 31.1 Å². The maximum absolute atomic E-state index is 13.7. The third-order valence-corrected chi connectivity index (χ3v) is 10.1. The second-order valence-corrected chi connectivity index (χ2v) is 12.6. The van der Waals surface area contributed by atoms with Gasteiger partial charge in [0.25, 0.3) is 11.8 Å². The van der Waals surface area contributed by atoms with E-state index in [1.165, 1.54) is 22.7 Å². The number of amides is 2. The molecule has 4 aromatic rings. The summed E-state index contributed by atoms with van der Waals surface area (Å²) in [7, 11) is 5.60. The SMILES string of the molecule is CNC(=O)c1c(-c2ccc(F)cc2)oc2cc(N(C)SC)c(C3CCCN(C(=O)c4cc5c(n4C)CCS5)C3)cc12. The molecule has 41 heavy (non-hydrogen) atoms. The monoisotopic (exact) mass is 592 g/mol. The van der Waals surface area contributed by atoms with E-state index in [0.717, 1.165) is 48.5 Å². The lowest BCUT2D eigenvalue weighted by Gasteiger charge is -2.35. The van der Waals surface area contributed by atoms with Gasteiger partial charge in [-0.25, -0.2) is 4.39 Å². The molecule has 7 nitrogen and oxygen atoms in total. The number of thioether (sulfide) groups is 1. The second-order valence-electron chi connectivity index (χ2n) is 10.6. The van der Waals surface area contributed by atoms with Gasteiger partial charge in [-0.05, 0) is 61.2 Å². The third-order valence-electron chi connectivity index (χ3n) is 8.29. The molecule has 0 bridgehead atoms. The summed E-state index contributed by atoms with van der Waals surface area (Å²) in [5.74, 6) is 1.01. The fourth-order valence-corrected chi connectivity index (χ4v) is 7.54. The van der Waals surface area contributed by atoms with Gasteiger partial charge in [-0.2, -0.15) is 0 Å². The highest BCUT2D eigenvalue weighted by molar-refractivity contribution is 8.00. The van der Waals surface area contributed by atoms with Crippen molar-refractivity contribution in [2.24, 2.45) is 7.05 Å². The number of hydrogen-bond donors (Lipinski definition) is 1. The lowest BCUT2D eigenvalue weighted by molar-refractivity contribution is 0.0697. The quantitative estimate of drug-likeness (QED) is 0.264. The van der Waals surface area contributed by atoms with E-state index in [2.05, 4.69) is 26.3 Å². The number of rotatable bonds is 6. The molecule has 214 valence electrons. The molecular formula is C31H33FN4O3S2. The summed E-state index contributed by atoms with van der Waals surface area (Å²) in [5, 5.41) is 3.45. The summed E-state index contributed by atoms with van der Waals surface area (Å²) >= 11 is 3.41. The van der Waals surface area contributed by atoms with Crippen molar-refractivity contribution in [1.82, 2.24) is 14.8 Å². The molecule has 1 atom stereocenters. The van der Waals surface area contributed by atoms with Crippen molar-refractivity contribution in [1.29, 1.82) is 0 Å². The Labute approximate surface area is 247 Å². The first kappa shape index (κ1) is 27.8. The van der Waals surface area contributed by atoms with Crippen LogP contribution in [0, 0.1) is 5.82 Å². The zero-order chi connectivity index (χ0) is 28.8. The first-order valence-corrected chi connectivity index (χ1v) is 15.9. The van der Waals surface area contributed by atoms with Crippen LogP contribution in [0.2, 0.25) is 0 Å². The average Bonchev–Trinajstić information content (AvgIpc) is 3.70. The van der Waals surface area contributed by atoms with Gasteiger partial charge in [0.1, 0.15) is 22.9 Å². The number of piperidine rings is 1. The first-order valence-electron chi connectivity index (χ1n) is 13.8. The van der Waals surface area contributed by atoms with E-state index in [4.69, 9.17) is 4.42 Å². The summed E-state index contributed by atoms with van der Waals surface area (Å²) in [6.45, 7) is 1.32. The highest BCUT2D eigenvalue weighted by atomic mass is 32.2. The Morgan fingerprint density at radius 2 is 1.98 bits per heavy atom. The van der Waals surface area contributed by atoms with Crippen molar-refractivity contribution in [3.05, 3.63) is 70.8 Å². The van der Waals surface area contributed by atoms with Crippen LogP contribution < -0.4 is 9.62 Å². The number of nitrogens with zero attached hydrogens (tertiary/aromatic N) is 3. The fourth-order valence-electron chi connectivity index (χ4n) is 6.07. The maximum Gasteiger partial charge on any atom is 0.270 e. The highest BCUT2D eigenvalue weighted by Gasteiger charge is 2.32. The number of benzene rings is 2. The molecule has 2 aromatic carbocycles. The molecule has 1 fully saturated rings. The second kappa shape index (κ2) is 11.1. The minimum absolute atomic E-state index is 0.0704. The summed E-state index contributed by atoms with van der Waals surface area (Å²) in [6, 6.07) is 12.1. The van der Waals surface area contributed by atoms with Gasteiger partial charge >= 0.3 is 0 Å². The Morgan fingerprint density at radius 3 is 2.68 bits per heavy atom. The largest absolute Gasteiger partial charge is 0.455 e. The van der Waals surface area contributed by atoms with Crippen molar-refractivity contribution in [3.8, 4) is 11.3 Å². The van der Waals surface area contributed by atoms with Crippen molar-refractivity contribution in [3.63, 3.8) is 0 Å². The standard InChI is InChI=1S/C31H33FN4O3S2/c1-33-30(37)28-22-14-21(24(35(3)40-4)15-26(22)39-29(28)18-7-9-20(32)10-8-18)19-6-5-12-36(17-19)31(38)25-16-27-23(34(25)2)11-13-41-27/h7-10,14-16,19H,5-6,11-13,17H2,1-4H3,(H,33,37). The molecule has 2 aromatic heterocycles. The van der Waals surface area contributed by atoms with E-state index < -0.39 is 0 Å². The predicted octanol–water partition coefficient (Wildman–Crippen LogP) is 6.32. The van der Waals surface area contributed by atoms with Gasteiger partial charge in [-0.15, -0.1) is 11.8 Å². The lowest BCUT2D eigenvalue weighted by atomic mass is 9.88. The Morgan fingerprint density at radius 1 is 1.20 bits per heavy atom. The van der Waals surface area contributed by atoms with E-state index >= 15 is 0 Å². The van der Waals surface area contributed by atoms with Crippen LogP contribution in [0.4, 0.5) is 10.1 Å². The normalized spacial score (nSPS) is 16.7. The van der Waals surface area contributed by atoms with Gasteiger partial charge in [0.05, 0.1) is 11.3 Å². The number of carbonyl (C=O) groups excluding carboxylic acids is 2. The van der Waals surface area contributed by atoms with Crippen LogP contribution in [0.15, 0.2) is 51.8 Å². The van der Waals surface area contributed by atoms with E-state index in [0.29, 0.717) is 34.4 Å². The third kappa shape index (κ3) is 4.91. The fraction of sp³-hybridized carbons (Fsp3) is 0.355. The Bertz CT molecular complexity index is 1650. The number of aromatic nitrogens is 1. The molecule has 2 aliphatic rings. The molecule has 0 spiro atoms. The topological polar surface area (TPSA) is 70.7 Å². The number of likely N-dealkylation sites (tertiary alicyclic amines) is 1. The van der Waals surface area contributed by atoms with Crippen molar-refractivity contribution >= 4 is 52.2 Å². The Hall–Kier alpha value is -3.37. The number of anilines is 1. The van der Waals surface area contributed by atoms with Crippen LogP contribution >= 0.6 is 23.7 Å². The van der Waals surface area contributed by atoms with Crippen LogP contribution in [0.3, 0.4) is 0 Å². The summed E-state index contributed by atoms with van der Waals surface area (Å²) in [6.07, 6.45) is 4.83. The van der Waals surface area contributed by atoms with E-state index in [1.807, 2.05) is 43.1 Å². The molecule has 1 saturated heterocycles. The number of furan rings is 1. The molecule has 0 aliphatic carbocycles. The molecule has 0 saturated carbocycles. The molecular weight excluding hydrogens is 559 g/mol. The molecule has 0 radical (unpaired) electrons. The zero-order valence-corrected chi connectivity index (χ0v) is 25.3. The zero-order valence-electron chi connectivity index (χ0n) is 23.6. The van der Waals surface area contributed by atoms with Gasteiger partial charge < -0.3 is 23.5 Å². The summed E-state index contributed by atoms with van der Waals surface area (Å²) in [5.41, 5.74) is 5.70. The molecule has 4 heterocycles. The van der Waals surface area contributed by atoms with Crippen molar-refractivity contribution < 1.29 is 18.4 Å². The van der Waals surface area contributed by atoms with Crippen LogP contribution in [0.25, 0.3) is 22.3 Å². The van der Waals surface area contributed by atoms with Gasteiger partial charge in [0.2, 0.25) is 0 Å². The minimum Gasteiger partial charge on any atom is -0.455 e. The van der Waals surface area contributed by atoms with E-state index in [9.17, 15) is 14.0 Å². The molecule has 6 rings (SSSR count). The van der Waals surface area contributed by atoms with Crippen LogP contribution in [-0.2, 0) is 13.5 Å². The van der Waals surface area contributed by atoms with Gasteiger partial charge in [-0.3, -0.25) is 9.59 Å². The molecule has 2 aliphatic heterocycles. The number of nitrogens with one attached hydrogen (secondary N) is 1.